The largest absolute Gasteiger partial charge is 0.465 e. The molecule has 6 saturated carbocycles. The minimum absolute atomic E-state index is 0.00261. The molecule has 8 aliphatic rings. The van der Waals surface area contributed by atoms with E-state index < -0.39 is 17.2 Å². The summed E-state index contributed by atoms with van der Waals surface area (Å²) < 4.78 is 34.5. The van der Waals surface area contributed by atoms with Crippen molar-refractivity contribution in [2.24, 2.45) is 71.0 Å². The Hall–Kier alpha value is -2.72. The van der Waals surface area contributed by atoms with Gasteiger partial charge in [-0.3, -0.25) is 9.59 Å². The SMILES string of the molecule is C=C(C)C(=O)OC1C2C(C(C)C)CC(C3C(=O)OCC32)C1(C)OC.C=CC(=O)OC1C2C(C(C)C)CC(C3C(=O)OCC32)C1(C)OCC. The van der Waals surface area contributed by atoms with Gasteiger partial charge in [0, 0.05) is 60.9 Å². The molecule has 2 heterocycles. The lowest BCUT2D eigenvalue weighted by Crippen LogP contribution is -2.69. The Balaban J connectivity index is 0.000000188. The molecule has 10 nitrogen and oxygen atoms in total. The molecule has 10 heteroatoms. The zero-order valence-corrected chi connectivity index (χ0v) is 30.2. The van der Waals surface area contributed by atoms with Crippen LogP contribution >= 0.6 is 0 Å². The van der Waals surface area contributed by atoms with Crippen LogP contribution in [0.25, 0.3) is 0 Å². The van der Waals surface area contributed by atoms with Crippen LogP contribution in [0.2, 0.25) is 0 Å². The highest BCUT2D eigenvalue weighted by atomic mass is 16.6. The van der Waals surface area contributed by atoms with E-state index >= 15 is 0 Å². The van der Waals surface area contributed by atoms with Crippen LogP contribution < -0.4 is 0 Å². The zero-order chi connectivity index (χ0) is 35.5. The van der Waals surface area contributed by atoms with Gasteiger partial charge in [0.15, 0.2) is 0 Å². The highest BCUT2D eigenvalue weighted by Crippen LogP contribution is 2.63. The summed E-state index contributed by atoms with van der Waals surface area (Å²) in [5, 5.41) is 0. The number of hydrogen-bond acceptors (Lipinski definition) is 10. The zero-order valence-electron chi connectivity index (χ0n) is 30.2. The molecule has 14 atom stereocenters. The molecular weight excluding hydrogens is 616 g/mol. The third-order valence-electron chi connectivity index (χ3n) is 13.1. The van der Waals surface area contributed by atoms with Crippen molar-refractivity contribution in [3.05, 3.63) is 24.8 Å². The van der Waals surface area contributed by atoms with Crippen LogP contribution in [0.1, 0.15) is 68.2 Å². The summed E-state index contributed by atoms with van der Waals surface area (Å²) in [6.07, 6.45) is 2.27. The number of ether oxygens (including phenoxy) is 6. The Labute approximate surface area is 285 Å². The second kappa shape index (κ2) is 13.5. The molecule has 2 aliphatic heterocycles. The van der Waals surface area contributed by atoms with Crippen LogP contribution in [-0.4, -0.2) is 74.2 Å². The lowest BCUT2D eigenvalue weighted by Gasteiger charge is -2.61. The Morgan fingerprint density at radius 2 is 1.33 bits per heavy atom. The molecule has 4 bridgehead atoms. The first-order valence-electron chi connectivity index (χ1n) is 17.8. The monoisotopic (exact) mass is 672 g/mol. The summed E-state index contributed by atoms with van der Waals surface area (Å²) >= 11 is 0. The maximum Gasteiger partial charge on any atom is 0.333 e. The standard InChI is InChI=1S/2C19H28O5/c1-9(2)11-7-13-15-12(8-23-18(15)21)14(11)16(19(13,5)22-6)24-17(20)10(3)4;1-6-14(20)24-17-15-11(10(3)4)8-13(19(17,5)23-7-2)16-12(15)9-22-18(16)21/h9,11-16H,3,7-8H2,1-2,4-6H3;6,10-13,15-17H,1,7-9H2,2-5H3. The predicted octanol–water partition coefficient (Wildman–Crippen LogP) is 5.18. The number of rotatable bonds is 9. The molecule has 6 aliphatic carbocycles. The van der Waals surface area contributed by atoms with Crippen molar-refractivity contribution < 1.29 is 47.6 Å². The lowest BCUT2D eigenvalue weighted by atomic mass is 9.47. The van der Waals surface area contributed by atoms with E-state index in [1.807, 2.05) is 20.8 Å². The molecule has 268 valence electrons. The Bertz CT molecular complexity index is 1290. The second-order valence-corrected chi connectivity index (χ2v) is 16.0. The first-order chi connectivity index (χ1) is 22.6. The fraction of sp³-hybridized carbons (Fsp3) is 0.789. The van der Waals surface area contributed by atoms with Gasteiger partial charge in [-0.2, -0.15) is 0 Å². The van der Waals surface area contributed by atoms with Crippen molar-refractivity contribution in [3.63, 3.8) is 0 Å². The van der Waals surface area contributed by atoms with E-state index in [2.05, 4.69) is 40.9 Å². The van der Waals surface area contributed by atoms with Gasteiger partial charge in [0.05, 0.1) is 25.0 Å². The topological polar surface area (TPSA) is 124 Å². The summed E-state index contributed by atoms with van der Waals surface area (Å²) in [6, 6.07) is 0. The summed E-state index contributed by atoms with van der Waals surface area (Å²) in [5.41, 5.74) is -0.953. The normalized spacial score (nSPS) is 43.5. The smallest absolute Gasteiger partial charge is 0.333 e. The molecule has 48 heavy (non-hydrogen) atoms. The van der Waals surface area contributed by atoms with E-state index in [1.54, 1.807) is 14.0 Å². The van der Waals surface area contributed by atoms with E-state index in [-0.39, 0.29) is 77.5 Å². The molecule has 0 spiro atoms. The van der Waals surface area contributed by atoms with Gasteiger partial charge in [0.2, 0.25) is 0 Å². The maximum absolute atomic E-state index is 12.4. The average molecular weight is 673 g/mol. The average Bonchev–Trinajstić information content (AvgIpc) is 3.63. The molecular formula is C38H56O10. The number of esters is 4. The van der Waals surface area contributed by atoms with Gasteiger partial charge < -0.3 is 28.4 Å². The number of cyclic esters (lactones) is 2. The number of hydrogen-bond donors (Lipinski definition) is 0. The van der Waals surface area contributed by atoms with E-state index in [4.69, 9.17) is 28.4 Å². The summed E-state index contributed by atoms with van der Waals surface area (Å²) in [7, 11) is 1.64. The van der Waals surface area contributed by atoms with E-state index in [0.717, 1.165) is 12.8 Å². The van der Waals surface area contributed by atoms with Gasteiger partial charge in [-0.25, -0.2) is 9.59 Å². The van der Waals surface area contributed by atoms with Crippen molar-refractivity contribution in [2.75, 3.05) is 26.9 Å². The van der Waals surface area contributed by atoms with Crippen molar-refractivity contribution in [3.8, 4) is 0 Å². The summed E-state index contributed by atoms with van der Waals surface area (Å²) in [5.74, 6) is 0.715. The molecule has 8 rings (SSSR count). The molecule has 0 radical (unpaired) electrons. The fourth-order valence-corrected chi connectivity index (χ4v) is 10.8. The third-order valence-corrected chi connectivity index (χ3v) is 13.1. The highest BCUT2D eigenvalue weighted by molar-refractivity contribution is 5.87. The molecule has 8 fully saturated rings. The Kier molecular flexibility index (Phi) is 10.3. The number of carbonyl (C=O) groups is 4. The van der Waals surface area contributed by atoms with E-state index in [1.165, 1.54) is 6.08 Å². The third kappa shape index (κ3) is 5.72. The molecule has 14 unspecified atom stereocenters. The van der Waals surface area contributed by atoms with E-state index in [9.17, 15) is 19.2 Å². The van der Waals surface area contributed by atoms with Crippen LogP contribution in [0.5, 0.6) is 0 Å². The number of carbonyl (C=O) groups excluding carboxylic acids is 4. The quantitative estimate of drug-likeness (QED) is 0.184. The Morgan fingerprint density at radius 1 is 0.875 bits per heavy atom. The molecule has 2 saturated heterocycles. The lowest BCUT2D eigenvalue weighted by molar-refractivity contribution is -0.258. The maximum atomic E-state index is 12.4. The van der Waals surface area contributed by atoms with Crippen molar-refractivity contribution >= 4 is 23.9 Å². The van der Waals surface area contributed by atoms with Crippen LogP contribution in [0.15, 0.2) is 24.8 Å². The van der Waals surface area contributed by atoms with Gasteiger partial charge in [0.25, 0.3) is 0 Å². The van der Waals surface area contributed by atoms with Gasteiger partial charge in [0.1, 0.15) is 23.4 Å². The van der Waals surface area contributed by atoms with Gasteiger partial charge in [-0.05, 0) is 64.2 Å². The van der Waals surface area contributed by atoms with Crippen LogP contribution in [-0.2, 0) is 47.6 Å². The first-order valence-corrected chi connectivity index (χ1v) is 17.8. The van der Waals surface area contributed by atoms with Gasteiger partial charge in [-0.1, -0.05) is 40.9 Å². The Morgan fingerprint density at radius 3 is 1.73 bits per heavy atom. The van der Waals surface area contributed by atoms with Crippen molar-refractivity contribution in [2.45, 2.75) is 91.6 Å². The minimum atomic E-state index is -0.675. The van der Waals surface area contributed by atoms with Crippen LogP contribution in [0, 0.1) is 71.0 Å². The molecule has 0 aromatic heterocycles. The fourth-order valence-electron chi connectivity index (χ4n) is 10.8. The second-order valence-electron chi connectivity index (χ2n) is 16.0. The van der Waals surface area contributed by atoms with E-state index in [0.29, 0.717) is 49.1 Å². The number of methoxy groups -OCH3 is 1. The summed E-state index contributed by atoms with van der Waals surface area (Å²) in [4.78, 5) is 48.9. The van der Waals surface area contributed by atoms with Crippen molar-refractivity contribution in [1.82, 2.24) is 0 Å². The number of fused-ring (bicyclic) bond motifs is 4. The molecule has 0 amide bonds. The molecule has 0 N–H and O–H groups in total. The first kappa shape index (κ1) is 36.6. The molecule has 0 aromatic carbocycles. The van der Waals surface area contributed by atoms with Gasteiger partial charge in [-0.15, -0.1) is 0 Å². The van der Waals surface area contributed by atoms with Gasteiger partial charge >= 0.3 is 23.9 Å². The van der Waals surface area contributed by atoms with Crippen LogP contribution in [0.4, 0.5) is 0 Å². The van der Waals surface area contributed by atoms with Crippen molar-refractivity contribution in [1.29, 1.82) is 0 Å². The summed E-state index contributed by atoms with van der Waals surface area (Å²) in [6.45, 7) is 24.9. The minimum Gasteiger partial charge on any atom is -0.465 e. The van der Waals surface area contributed by atoms with Crippen LogP contribution in [0.3, 0.4) is 0 Å². The molecule has 0 aromatic rings. The predicted molar refractivity (Wildman–Crippen MR) is 176 cm³/mol. The highest BCUT2D eigenvalue weighted by Gasteiger charge is 2.70.